The molecule has 0 heterocycles. The number of aliphatic hydroxyl groups excluding tert-OH is 1. The van der Waals surface area contributed by atoms with Crippen LogP contribution in [0.15, 0.2) is 35.5 Å². The average Bonchev–Trinajstić information content (AvgIpc) is 2.90. The van der Waals surface area contributed by atoms with E-state index in [1.54, 1.807) is 6.08 Å². The number of fused-ring (bicyclic) bond motifs is 2. The smallest absolute Gasteiger partial charge is 0.312 e. The highest BCUT2D eigenvalue weighted by molar-refractivity contribution is 5.83. The maximum Gasteiger partial charge on any atom is 0.312 e. The van der Waals surface area contributed by atoms with E-state index in [1.807, 2.05) is 0 Å². The van der Waals surface area contributed by atoms with Crippen LogP contribution in [0.5, 0.6) is 0 Å². The molecule has 25 heavy (non-hydrogen) atoms. The summed E-state index contributed by atoms with van der Waals surface area (Å²) in [5.74, 6) is -4.11. The highest BCUT2D eigenvalue weighted by atomic mass is 16.4. The zero-order valence-electron chi connectivity index (χ0n) is 14.0. The summed E-state index contributed by atoms with van der Waals surface area (Å²) in [5.41, 5.74) is -1.21. The quantitative estimate of drug-likeness (QED) is 0.563. The van der Waals surface area contributed by atoms with Gasteiger partial charge in [0.2, 0.25) is 0 Å². The molecule has 2 fully saturated rings. The van der Waals surface area contributed by atoms with Gasteiger partial charge in [-0.25, -0.2) is 0 Å². The molecule has 4 aliphatic carbocycles. The minimum absolute atomic E-state index is 0.269. The van der Waals surface area contributed by atoms with Gasteiger partial charge in [-0.1, -0.05) is 24.3 Å². The van der Waals surface area contributed by atoms with Crippen molar-refractivity contribution in [3.05, 3.63) is 35.5 Å². The number of carbonyl (C=O) groups is 2. The van der Waals surface area contributed by atoms with Gasteiger partial charge in [0.05, 0.1) is 17.6 Å². The molecule has 0 aromatic carbocycles. The van der Waals surface area contributed by atoms with Crippen LogP contribution < -0.4 is 0 Å². The first-order valence-electron chi connectivity index (χ1n) is 8.54. The summed E-state index contributed by atoms with van der Waals surface area (Å²) in [5, 5.41) is 41.1. The van der Waals surface area contributed by atoms with Gasteiger partial charge in [0.1, 0.15) is 5.41 Å². The maximum absolute atomic E-state index is 12.3. The Morgan fingerprint density at radius 3 is 2.60 bits per heavy atom. The molecular weight excluding hydrogens is 324 g/mol. The highest BCUT2D eigenvalue weighted by Gasteiger charge is 2.70. The van der Waals surface area contributed by atoms with Crippen molar-refractivity contribution in [1.82, 2.24) is 0 Å². The molecular formula is C19H22O6. The molecule has 0 radical (unpaired) electrons. The molecule has 6 nitrogen and oxygen atoms in total. The first-order valence-corrected chi connectivity index (χ1v) is 8.54. The number of aliphatic hydroxyl groups is 2. The van der Waals surface area contributed by atoms with E-state index in [0.29, 0.717) is 24.8 Å². The number of hydrogen-bond acceptors (Lipinski definition) is 4. The third kappa shape index (κ3) is 1.71. The molecule has 0 aromatic rings. The summed E-state index contributed by atoms with van der Waals surface area (Å²) in [6.45, 7) is 5.40. The van der Waals surface area contributed by atoms with Gasteiger partial charge in [-0.2, -0.15) is 0 Å². The lowest BCUT2D eigenvalue weighted by molar-refractivity contribution is -0.164. The van der Waals surface area contributed by atoms with Crippen LogP contribution in [0.4, 0.5) is 0 Å². The summed E-state index contributed by atoms with van der Waals surface area (Å²) in [4.78, 5) is 24.3. The molecule has 4 rings (SSSR count). The van der Waals surface area contributed by atoms with Crippen molar-refractivity contribution in [2.45, 2.75) is 44.3 Å². The van der Waals surface area contributed by atoms with Crippen molar-refractivity contribution in [1.29, 1.82) is 0 Å². The zero-order chi connectivity index (χ0) is 18.4. The van der Waals surface area contributed by atoms with E-state index in [9.17, 15) is 30.0 Å². The fourth-order valence-electron chi connectivity index (χ4n) is 5.93. The molecule has 134 valence electrons. The fraction of sp³-hybridized carbons (Fsp3) is 0.579. The number of carboxylic acids is 2. The topological polar surface area (TPSA) is 115 Å². The van der Waals surface area contributed by atoms with Crippen molar-refractivity contribution in [2.75, 3.05) is 0 Å². The minimum atomic E-state index is -1.62. The van der Waals surface area contributed by atoms with Crippen molar-refractivity contribution in [2.24, 2.45) is 22.7 Å². The Kier molecular flexibility index (Phi) is 3.06. The second-order valence-corrected chi connectivity index (χ2v) is 8.26. The number of carboxylic acid groups (broad SMARTS) is 2. The minimum Gasteiger partial charge on any atom is -0.481 e. The molecule has 4 aliphatic rings. The van der Waals surface area contributed by atoms with Gasteiger partial charge in [-0.15, -0.1) is 0 Å². The normalized spacial score (nSPS) is 47.6. The van der Waals surface area contributed by atoms with Gasteiger partial charge in [0.25, 0.3) is 0 Å². The Labute approximate surface area is 145 Å². The first kappa shape index (κ1) is 16.5. The third-order valence-corrected chi connectivity index (χ3v) is 7.24. The number of rotatable bonds is 2. The Balaban J connectivity index is 1.98. The summed E-state index contributed by atoms with van der Waals surface area (Å²) >= 11 is 0. The van der Waals surface area contributed by atoms with E-state index >= 15 is 0 Å². The number of hydrogen-bond donors (Lipinski definition) is 4. The molecule has 6 heteroatoms. The molecule has 4 N–H and O–H groups in total. The Hall–Kier alpha value is -1.92. The second-order valence-electron chi connectivity index (χ2n) is 8.26. The van der Waals surface area contributed by atoms with Crippen LogP contribution in [-0.4, -0.2) is 44.1 Å². The zero-order valence-corrected chi connectivity index (χ0v) is 14.0. The monoisotopic (exact) mass is 346 g/mol. The van der Waals surface area contributed by atoms with Crippen molar-refractivity contribution < 1.29 is 30.0 Å². The van der Waals surface area contributed by atoms with Crippen LogP contribution in [0.1, 0.15) is 32.6 Å². The average molecular weight is 346 g/mol. The van der Waals surface area contributed by atoms with Crippen LogP contribution in [-0.2, 0) is 9.59 Å². The standard InChI is InChI=1S/C19H22O6/c1-9-7-18-8-19(9,25)6-5-11(18)10-3-4-12(20)17(2,16(23)24)13(10)14(18)15(21)22/h3-4,12-14,20,25H,1,5-8H2,2H3,(H,21,22)(H,23,24)/t12-,13+,14?,17+,18-,19-/m0/s1. The SMILES string of the molecule is C=C1C[C@]23C[C@@]1(O)CCC2=C1C=C[C@H](O)[C@@](C)(C(=O)O)[C@H]1C3C(=O)O. The molecule has 0 saturated heterocycles. The lowest BCUT2D eigenvalue weighted by Gasteiger charge is -2.43. The number of allylic oxidation sites excluding steroid dienone is 3. The third-order valence-electron chi connectivity index (χ3n) is 7.24. The van der Waals surface area contributed by atoms with Crippen molar-refractivity contribution in [3.8, 4) is 0 Å². The van der Waals surface area contributed by atoms with Gasteiger partial charge < -0.3 is 20.4 Å². The summed E-state index contributed by atoms with van der Waals surface area (Å²) in [6.07, 6.45) is 3.52. The van der Waals surface area contributed by atoms with Gasteiger partial charge in [0.15, 0.2) is 0 Å². The van der Waals surface area contributed by atoms with Crippen LogP contribution in [0.25, 0.3) is 0 Å². The Morgan fingerprint density at radius 1 is 1.32 bits per heavy atom. The molecule has 0 amide bonds. The molecule has 1 unspecified atom stereocenters. The summed E-state index contributed by atoms with van der Waals surface area (Å²) in [7, 11) is 0. The maximum atomic E-state index is 12.3. The molecule has 2 bridgehead atoms. The largest absolute Gasteiger partial charge is 0.481 e. The molecule has 0 aliphatic heterocycles. The molecule has 1 spiro atoms. The van der Waals surface area contributed by atoms with Crippen LogP contribution in [0.2, 0.25) is 0 Å². The van der Waals surface area contributed by atoms with Gasteiger partial charge in [-0.3, -0.25) is 9.59 Å². The van der Waals surface area contributed by atoms with E-state index < -0.39 is 46.3 Å². The summed E-state index contributed by atoms with van der Waals surface area (Å²) in [6, 6.07) is 0. The van der Waals surface area contributed by atoms with Crippen molar-refractivity contribution >= 4 is 11.9 Å². The Bertz CT molecular complexity index is 779. The van der Waals surface area contributed by atoms with E-state index in [4.69, 9.17) is 0 Å². The van der Waals surface area contributed by atoms with E-state index in [1.165, 1.54) is 13.0 Å². The molecule has 6 atom stereocenters. The van der Waals surface area contributed by atoms with Gasteiger partial charge in [-0.05, 0) is 43.8 Å². The summed E-state index contributed by atoms with van der Waals surface area (Å²) < 4.78 is 0. The highest BCUT2D eigenvalue weighted by Crippen LogP contribution is 2.71. The van der Waals surface area contributed by atoms with Crippen LogP contribution in [0, 0.1) is 22.7 Å². The van der Waals surface area contributed by atoms with Gasteiger partial charge in [0, 0.05) is 11.3 Å². The second kappa shape index (κ2) is 4.62. The lowest BCUT2D eigenvalue weighted by Crippen LogP contribution is -2.52. The van der Waals surface area contributed by atoms with E-state index in [2.05, 4.69) is 6.58 Å². The fourth-order valence-corrected chi connectivity index (χ4v) is 5.93. The molecule has 0 aromatic heterocycles. The van der Waals surface area contributed by atoms with E-state index in [0.717, 1.165) is 11.1 Å². The predicted octanol–water partition coefficient (Wildman–Crippen LogP) is 1.50. The lowest BCUT2D eigenvalue weighted by atomic mass is 9.59. The molecule has 2 saturated carbocycles. The first-order chi connectivity index (χ1) is 11.6. The van der Waals surface area contributed by atoms with Crippen molar-refractivity contribution in [3.63, 3.8) is 0 Å². The van der Waals surface area contributed by atoms with E-state index in [-0.39, 0.29) is 6.42 Å². The van der Waals surface area contributed by atoms with Crippen LogP contribution in [0.3, 0.4) is 0 Å². The van der Waals surface area contributed by atoms with Crippen LogP contribution >= 0.6 is 0 Å². The predicted molar refractivity (Wildman–Crippen MR) is 87.5 cm³/mol. The van der Waals surface area contributed by atoms with Gasteiger partial charge >= 0.3 is 11.9 Å². The Morgan fingerprint density at radius 2 is 2.00 bits per heavy atom. The number of aliphatic carboxylic acids is 2.